The van der Waals surface area contributed by atoms with E-state index in [9.17, 15) is 4.39 Å². The highest BCUT2D eigenvalue weighted by Crippen LogP contribution is 2.08. The second-order valence-corrected chi connectivity index (χ2v) is 3.24. The quantitative estimate of drug-likeness (QED) is 0.744. The summed E-state index contributed by atoms with van der Waals surface area (Å²) in [5.41, 5.74) is 6.33. The molecule has 3 nitrogen and oxygen atoms in total. The molecule has 1 atom stereocenters. The van der Waals surface area contributed by atoms with Gasteiger partial charge in [0.2, 0.25) is 0 Å². The minimum Gasteiger partial charge on any atom is -0.330 e. The molecule has 0 amide bonds. The number of alkyl halides is 1. The van der Waals surface area contributed by atoms with E-state index in [-0.39, 0.29) is 0 Å². The Bertz CT molecular complexity index is 247. The molecule has 0 saturated heterocycles. The van der Waals surface area contributed by atoms with Gasteiger partial charge in [-0.15, -0.1) is 0 Å². The van der Waals surface area contributed by atoms with Gasteiger partial charge in [-0.1, -0.05) is 0 Å². The van der Waals surface area contributed by atoms with E-state index in [1.54, 1.807) is 10.9 Å². The Kier molecular flexibility index (Phi) is 3.89. The SMILES string of the molecule is Cn1cc(CCC(F)CCN)cn1. The number of nitrogens with zero attached hydrogens (tertiary/aromatic N) is 2. The van der Waals surface area contributed by atoms with E-state index < -0.39 is 6.17 Å². The first-order valence-corrected chi connectivity index (χ1v) is 4.54. The van der Waals surface area contributed by atoms with Crippen LogP contribution < -0.4 is 5.73 Å². The third kappa shape index (κ3) is 3.55. The summed E-state index contributed by atoms with van der Waals surface area (Å²) < 4.78 is 14.7. The number of aryl methyl sites for hydroxylation is 2. The topological polar surface area (TPSA) is 43.8 Å². The summed E-state index contributed by atoms with van der Waals surface area (Å²) in [6, 6.07) is 0. The molecule has 1 unspecified atom stereocenters. The first-order chi connectivity index (χ1) is 6.22. The minimum absolute atomic E-state index is 0.425. The largest absolute Gasteiger partial charge is 0.330 e. The molecular weight excluding hydrogens is 169 g/mol. The van der Waals surface area contributed by atoms with Gasteiger partial charge >= 0.3 is 0 Å². The number of aromatic nitrogens is 2. The van der Waals surface area contributed by atoms with Gasteiger partial charge in [0, 0.05) is 13.2 Å². The minimum atomic E-state index is -0.773. The highest BCUT2D eigenvalue weighted by atomic mass is 19.1. The second-order valence-electron chi connectivity index (χ2n) is 3.24. The third-order valence-corrected chi connectivity index (χ3v) is 1.98. The Hall–Kier alpha value is -0.900. The lowest BCUT2D eigenvalue weighted by Gasteiger charge is -2.04. The van der Waals surface area contributed by atoms with Gasteiger partial charge in [-0.05, 0) is 31.4 Å². The molecule has 1 rings (SSSR count). The monoisotopic (exact) mass is 185 g/mol. The number of hydrogen-bond acceptors (Lipinski definition) is 2. The summed E-state index contributed by atoms with van der Waals surface area (Å²) in [6.45, 7) is 0.425. The molecular formula is C9H16FN3. The Morgan fingerprint density at radius 1 is 1.62 bits per heavy atom. The number of rotatable bonds is 5. The van der Waals surface area contributed by atoms with Crippen molar-refractivity contribution in [2.75, 3.05) is 6.54 Å². The van der Waals surface area contributed by atoms with Crippen LogP contribution in [0.3, 0.4) is 0 Å². The van der Waals surface area contributed by atoms with Crippen LogP contribution in [0.4, 0.5) is 4.39 Å². The summed E-state index contributed by atoms with van der Waals surface area (Å²) in [7, 11) is 1.86. The fourth-order valence-corrected chi connectivity index (χ4v) is 1.25. The highest BCUT2D eigenvalue weighted by Gasteiger charge is 2.05. The molecule has 1 heterocycles. The van der Waals surface area contributed by atoms with Crippen molar-refractivity contribution in [3.63, 3.8) is 0 Å². The van der Waals surface area contributed by atoms with Crippen LogP contribution in [0.25, 0.3) is 0 Å². The van der Waals surface area contributed by atoms with Crippen molar-refractivity contribution in [3.8, 4) is 0 Å². The van der Waals surface area contributed by atoms with E-state index in [1.165, 1.54) is 0 Å². The van der Waals surface area contributed by atoms with Crippen LogP contribution in [-0.4, -0.2) is 22.5 Å². The average Bonchev–Trinajstić information content (AvgIpc) is 2.49. The predicted octanol–water partition coefficient (Wildman–Crippen LogP) is 1.04. The standard InChI is InChI=1S/C9H16FN3/c1-13-7-8(6-12-13)2-3-9(10)4-5-11/h6-7,9H,2-5,11H2,1H3. The second kappa shape index (κ2) is 4.97. The first-order valence-electron chi connectivity index (χ1n) is 4.54. The summed E-state index contributed by atoms with van der Waals surface area (Å²) in [5, 5.41) is 4.01. The lowest BCUT2D eigenvalue weighted by Crippen LogP contribution is -2.09. The maximum absolute atomic E-state index is 13.0. The molecule has 0 fully saturated rings. The summed E-state index contributed by atoms with van der Waals surface area (Å²) in [5.74, 6) is 0. The lowest BCUT2D eigenvalue weighted by molar-refractivity contribution is 0.300. The molecule has 0 aliphatic carbocycles. The van der Waals surface area contributed by atoms with E-state index in [2.05, 4.69) is 5.10 Å². The molecule has 0 radical (unpaired) electrons. The van der Waals surface area contributed by atoms with E-state index in [4.69, 9.17) is 5.73 Å². The van der Waals surface area contributed by atoms with Crippen LogP contribution in [0.2, 0.25) is 0 Å². The zero-order chi connectivity index (χ0) is 9.68. The normalized spacial score (nSPS) is 13.2. The van der Waals surface area contributed by atoms with Crippen LogP contribution in [0.1, 0.15) is 18.4 Å². The number of nitrogens with two attached hydrogens (primary N) is 1. The van der Waals surface area contributed by atoms with Gasteiger partial charge in [-0.2, -0.15) is 5.10 Å². The lowest BCUT2D eigenvalue weighted by atomic mass is 10.1. The van der Waals surface area contributed by atoms with Crippen molar-refractivity contribution < 1.29 is 4.39 Å². The van der Waals surface area contributed by atoms with Gasteiger partial charge in [-0.3, -0.25) is 4.68 Å². The fraction of sp³-hybridized carbons (Fsp3) is 0.667. The maximum atomic E-state index is 13.0. The molecule has 74 valence electrons. The smallest absolute Gasteiger partial charge is 0.102 e. The number of hydrogen-bond donors (Lipinski definition) is 1. The molecule has 4 heteroatoms. The predicted molar refractivity (Wildman–Crippen MR) is 50.1 cm³/mol. The zero-order valence-electron chi connectivity index (χ0n) is 7.91. The van der Waals surface area contributed by atoms with Crippen LogP contribution in [0.5, 0.6) is 0 Å². The van der Waals surface area contributed by atoms with Crippen molar-refractivity contribution in [1.82, 2.24) is 9.78 Å². The molecule has 1 aromatic heterocycles. The highest BCUT2D eigenvalue weighted by molar-refractivity contribution is 5.03. The van der Waals surface area contributed by atoms with Crippen LogP contribution in [0.15, 0.2) is 12.4 Å². The molecule has 0 aliphatic heterocycles. The van der Waals surface area contributed by atoms with Gasteiger partial charge in [0.25, 0.3) is 0 Å². The molecule has 0 aromatic carbocycles. The van der Waals surface area contributed by atoms with Crippen molar-refractivity contribution in [1.29, 1.82) is 0 Å². The molecule has 0 bridgehead atoms. The van der Waals surface area contributed by atoms with Gasteiger partial charge in [0.15, 0.2) is 0 Å². The van der Waals surface area contributed by atoms with Crippen molar-refractivity contribution in [2.24, 2.45) is 12.8 Å². The van der Waals surface area contributed by atoms with E-state index >= 15 is 0 Å². The summed E-state index contributed by atoms with van der Waals surface area (Å²) in [4.78, 5) is 0. The fourth-order valence-electron chi connectivity index (χ4n) is 1.25. The van der Waals surface area contributed by atoms with Crippen LogP contribution >= 0.6 is 0 Å². The van der Waals surface area contributed by atoms with Gasteiger partial charge < -0.3 is 5.73 Å². The molecule has 0 aliphatic rings. The molecule has 0 spiro atoms. The molecule has 13 heavy (non-hydrogen) atoms. The zero-order valence-corrected chi connectivity index (χ0v) is 7.91. The van der Waals surface area contributed by atoms with E-state index in [0.717, 1.165) is 12.0 Å². The van der Waals surface area contributed by atoms with Crippen molar-refractivity contribution in [2.45, 2.75) is 25.4 Å². The van der Waals surface area contributed by atoms with Crippen molar-refractivity contribution >= 4 is 0 Å². The Balaban J connectivity index is 2.26. The van der Waals surface area contributed by atoms with E-state index in [0.29, 0.717) is 19.4 Å². The summed E-state index contributed by atoms with van der Waals surface area (Å²) in [6.07, 6.45) is 4.66. The molecule has 0 saturated carbocycles. The Morgan fingerprint density at radius 3 is 2.92 bits per heavy atom. The van der Waals surface area contributed by atoms with Gasteiger partial charge in [0.1, 0.15) is 6.17 Å². The summed E-state index contributed by atoms with van der Waals surface area (Å²) >= 11 is 0. The van der Waals surface area contributed by atoms with Gasteiger partial charge in [0.05, 0.1) is 6.20 Å². The Morgan fingerprint density at radius 2 is 2.38 bits per heavy atom. The van der Waals surface area contributed by atoms with Gasteiger partial charge in [-0.25, -0.2) is 4.39 Å². The van der Waals surface area contributed by atoms with Crippen molar-refractivity contribution in [3.05, 3.63) is 18.0 Å². The maximum Gasteiger partial charge on any atom is 0.102 e. The Labute approximate surface area is 77.7 Å². The molecule has 2 N–H and O–H groups in total. The average molecular weight is 185 g/mol. The number of halogens is 1. The van der Waals surface area contributed by atoms with Crippen LogP contribution in [0, 0.1) is 0 Å². The first kappa shape index (κ1) is 10.2. The van der Waals surface area contributed by atoms with Crippen LogP contribution in [-0.2, 0) is 13.5 Å². The molecule has 1 aromatic rings. The third-order valence-electron chi connectivity index (χ3n) is 1.98. The van der Waals surface area contributed by atoms with E-state index in [1.807, 2.05) is 13.2 Å².